The second kappa shape index (κ2) is 8.98. The highest BCUT2D eigenvalue weighted by molar-refractivity contribution is 5.95. The molecule has 0 N–H and O–H groups in total. The average Bonchev–Trinajstić information content (AvgIpc) is 3.42. The molecular weight excluding hydrogens is 421 g/mol. The van der Waals surface area contributed by atoms with Gasteiger partial charge >= 0.3 is 0 Å². The monoisotopic (exact) mass is 449 g/mol. The predicted octanol–water partition coefficient (Wildman–Crippen LogP) is 4.22. The van der Waals surface area contributed by atoms with E-state index in [1.807, 2.05) is 46.9 Å². The van der Waals surface area contributed by atoms with Crippen LogP contribution in [0, 0.1) is 12.7 Å². The van der Waals surface area contributed by atoms with Gasteiger partial charge in [-0.05, 0) is 43.5 Å². The number of likely N-dealkylation sites (tertiary alicyclic amines) is 1. The number of aryl methyl sites for hydroxylation is 1. The minimum Gasteiger partial charge on any atom is -0.485 e. The Labute approximate surface area is 193 Å². The number of halogens is 1. The zero-order chi connectivity index (χ0) is 22.8. The van der Waals surface area contributed by atoms with Gasteiger partial charge in [0, 0.05) is 44.0 Å². The number of aromatic nitrogens is 2. The van der Waals surface area contributed by atoms with E-state index in [1.165, 1.54) is 6.07 Å². The van der Waals surface area contributed by atoms with Crippen molar-refractivity contribution in [3.8, 4) is 5.75 Å². The molecule has 1 aromatic heterocycles. The van der Waals surface area contributed by atoms with Gasteiger partial charge in [-0.15, -0.1) is 0 Å². The molecule has 2 aliphatic rings. The van der Waals surface area contributed by atoms with Gasteiger partial charge in [0.25, 0.3) is 5.91 Å². The predicted molar refractivity (Wildman–Crippen MR) is 122 cm³/mol. The van der Waals surface area contributed by atoms with Crippen LogP contribution in [0.15, 0.2) is 60.9 Å². The summed E-state index contributed by atoms with van der Waals surface area (Å²) in [5, 5.41) is 0. The minimum absolute atomic E-state index is 0.0513. The molecule has 0 bridgehead atoms. The van der Waals surface area contributed by atoms with Gasteiger partial charge in [-0.3, -0.25) is 4.79 Å². The number of nitrogens with zero attached hydrogens (tertiary/aromatic N) is 3. The van der Waals surface area contributed by atoms with Crippen molar-refractivity contribution in [1.29, 1.82) is 0 Å². The maximum Gasteiger partial charge on any atom is 0.254 e. The molecule has 7 heteroatoms. The number of rotatable bonds is 5. The third kappa shape index (κ3) is 4.50. The number of hydrogen-bond acceptors (Lipinski definition) is 4. The van der Waals surface area contributed by atoms with Crippen LogP contribution in [0.3, 0.4) is 0 Å². The average molecular weight is 450 g/mol. The number of carbonyl (C=O) groups is 1. The molecule has 1 atom stereocenters. The summed E-state index contributed by atoms with van der Waals surface area (Å²) < 4.78 is 28.0. The molecule has 2 aromatic carbocycles. The molecule has 0 saturated carbocycles. The lowest BCUT2D eigenvalue weighted by Crippen LogP contribution is -2.46. The highest BCUT2D eigenvalue weighted by Gasteiger charge is 2.44. The Morgan fingerprint density at radius 3 is 2.70 bits per heavy atom. The van der Waals surface area contributed by atoms with Gasteiger partial charge < -0.3 is 18.9 Å². The summed E-state index contributed by atoms with van der Waals surface area (Å²) >= 11 is 0. The first-order chi connectivity index (χ1) is 16.0. The topological polar surface area (TPSA) is 56.6 Å². The maximum absolute atomic E-state index is 13.9. The first-order valence-corrected chi connectivity index (χ1v) is 11.4. The van der Waals surface area contributed by atoms with Crippen molar-refractivity contribution in [3.05, 3.63) is 83.7 Å². The molecule has 0 radical (unpaired) electrons. The molecule has 172 valence electrons. The van der Waals surface area contributed by atoms with Crippen molar-refractivity contribution in [3.63, 3.8) is 0 Å². The van der Waals surface area contributed by atoms with E-state index in [9.17, 15) is 9.18 Å². The largest absolute Gasteiger partial charge is 0.485 e. The van der Waals surface area contributed by atoms with Crippen molar-refractivity contribution < 1.29 is 18.7 Å². The Hall–Kier alpha value is -3.19. The van der Waals surface area contributed by atoms with E-state index in [4.69, 9.17) is 9.47 Å². The molecule has 6 nitrogen and oxygen atoms in total. The summed E-state index contributed by atoms with van der Waals surface area (Å²) in [5.74, 6) is 0.877. The van der Waals surface area contributed by atoms with Crippen LogP contribution in [0.2, 0.25) is 0 Å². The van der Waals surface area contributed by atoms with Crippen LogP contribution in [0.5, 0.6) is 5.75 Å². The summed E-state index contributed by atoms with van der Waals surface area (Å²) in [6.07, 6.45) is 5.73. The van der Waals surface area contributed by atoms with E-state index in [0.29, 0.717) is 32.7 Å². The highest BCUT2D eigenvalue weighted by atomic mass is 19.1. The molecule has 2 fully saturated rings. The van der Waals surface area contributed by atoms with Crippen molar-refractivity contribution in [1.82, 2.24) is 14.5 Å². The van der Waals surface area contributed by atoms with Gasteiger partial charge in [-0.1, -0.05) is 30.3 Å². The lowest BCUT2D eigenvalue weighted by molar-refractivity contribution is -0.0396. The fourth-order valence-electron chi connectivity index (χ4n) is 4.86. The molecule has 2 saturated heterocycles. The van der Waals surface area contributed by atoms with Gasteiger partial charge in [0.1, 0.15) is 11.9 Å². The van der Waals surface area contributed by atoms with E-state index in [0.717, 1.165) is 29.8 Å². The first kappa shape index (κ1) is 21.6. The summed E-state index contributed by atoms with van der Waals surface area (Å²) in [5.41, 5.74) is 1.41. The summed E-state index contributed by atoms with van der Waals surface area (Å²) in [6, 6.07) is 14.2. The molecule has 1 amide bonds. The molecule has 2 aliphatic heterocycles. The van der Waals surface area contributed by atoms with E-state index in [2.05, 4.69) is 4.98 Å². The van der Waals surface area contributed by atoms with Gasteiger partial charge in [-0.25, -0.2) is 9.37 Å². The molecule has 33 heavy (non-hydrogen) atoms. The molecular formula is C26H28FN3O3. The summed E-state index contributed by atoms with van der Waals surface area (Å²) in [6.45, 7) is 4.27. The summed E-state index contributed by atoms with van der Waals surface area (Å²) in [7, 11) is 0. The fraction of sp³-hybridized carbons (Fsp3) is 0.385. The quantitative estimate of drug-likeness (QED) is 0.585. The van der Waals surface area contributed by atoms with Crippen LogP contribution in [0.25, 0.3) is 0 Å². The number of hydrogen-bond donors (Lipinski definition) is 0. The number of carbonyl (C=O) groups excluding carboxylic acids is 1. The van der Waals surface area contributed by atoms with E-state index < -0.39 is 0 Å². The number of amides is 1. The zero-order valence-corrected chi connectivity index (χ0v) is 18.7. The Bertz CT molecular complexity index is 1140. The van der Waals surface area contributed by atoms with Crippen LogP contribution in [0.4, 0.5) is 4.39 Å². The lowest BCUT2D eigenvalue weighted by Gasteiger charge is -2.38. The third-order valence-corrected chi connectivity index (χ3v) is 6.78. The molecule has 3 heterocycles. The Kier molecular flexibility index (Phi) is 5.89. The number of piperidine rings is 1. The van der Waals surface area contributed by atoms with Crippen molar-refractivity contribution in [2.75, 3.05) is 19.7 Å². The molecule has 5 rings (SSSR count). The van der Waals surface area contributed by atoms with Gasteiger partial charge in [0.2, 0.25) is 0 Å². The summed E-state index contributed by atoms with van der Waals surface area (Å²) in [4.78, 5) is 19.6. The molecule has 3 aromatic rings. The van der Waals surface area contributed by atoms with E-state index >= 15 is 0 Å². The number of benzene rings is 2. The van der Waals surface area contributed by atoms with Crippen LogP contribution in [0.1, 0.15) is 41.0 Å². The van der Waals surface area contributed by atoms with Crippen molar-refractivity contribution >= 4 is 5.91 Å². The molecule has 1 spiro atoms. The normalized spacial score (nSPS) is 19.7. The molecule has 0 aliphatic carbocycles. The minimum atomic E-state index is -0.358. The smallest absolute Gasteiger partial charge is 0.254 e. The molecule has 1 unspecified atom stereocenters. The SMILES string of the molecule is Cc1nccn1Cc1ccccc1C(=O)N1CCC2(CC1)CC(Oc1ccccc1F)CO2. The van der Waals surface area contributed by atoms with Crippen molar-refractivity contribution in [2.24, 2.45) is 0 Å². The first-order valence-electron chi connectivity index (χ1n) is 11.4. The van der Waals surface area contributed by atoms with Crippen LogP contribution >= 0.6 is 0 Å². The second-order valence-electron chi connectivity index (χ2n) is 8.92. The number of ether oxygens (including phenoxy) is 2. The number of imidazole rings is 1. The second-order valence-corrected chi connectivity index (χ2v) is 8.92. The van der Waals surface area contributed by atoms with Crippen LogP contribution in [-0.4, -0.2) is 51.8 Å². The van der Waals surface area contributed by atoms with Crippen molar-refractivity contribution in [2.45, 2.75) is 44.4 Å². The van der Waals surface area contributed by atoms with Crippen LogP contribution in [-0.2, 0) is 11.3 Å². The van der Waals surface area contributed by atoms with E-state index in [-0.39, 0.29) is 29.2 Å². The Balaban J connectivity index is 1.22. The van der Waals surface area contributed by atoms with Gasteiger partial charge in [-0.2, -0.15) is 0 Å². The Morgan fingerprint density at radius 1 is 1.18 bits per heavy atom. The number of para-hydroxylation sites is 1. The Morgan fingerprint density at radius 2 is 1.94 bits per heavy atom. The third-order valence-electron chi connectivity index (χ3n) is 6.78. The van der Waals surface area contributed by atoms with Gasteiger partial charge in [0.15, 0.2) is 11.6 Å². The standard InChI is InChI=1S/C26H28FN3O3/c1-19-28-12-15-30(19)17-20-6-2-3-7-22(20)25(31)29-13-10-26(11-14-29)16-21(18-32-26)33-24-9-5-4-8-23(24)27/h2-9,12,15,21H,10-11,13-14,16-18H2,1H3. The lowest BCUT2D eigenvalue weighted by atomic mass is 9.87. The maximum atomic E-state index is 13.9. The fourth-order valence-corrected chi connectivity index (χ4v) is 4.86. The van der Waals surface area contributed by atoms with E-state index in [1.54, 1.807) is 24.4 Å². The van der Waals surface area contributed by atoms with Gasteiger partial charge in [0.05, 0.1) is 12.2 Å². The van der Waals surface area contributed by atoms with Crippen LogP contribution < -0.4 is 4.74 Å². The zero-order valence-electron chi connectivity index (χ0n) is 18.7. The highest BCUT2D eigenvalue weighted by Crippen LogP contribution is 2.38.